The predicted octanol–water partition coefficient (Wildman–Crippen LogP) is 3.72. The lowest BCUT2D eigenvalue weighted by Gasteiger charge is -2.43. The van der Waals surface area contributed by atoms with Gasteiger partial charge in [0.05, 0.1) is 0 Å². The van der Waals surface area contributed by atoms with Crippen LogP contribution in [0.1, 0.15) is 36.4 Å². The number of nitrogens with zero attached hydrogens (tertiary/aromatic N) is 1. The summed E-state index contributed by atoms with van der Waals surface area (Å²) < 4.78 is 13.9. The first-order valence-electron chi connectivity index (χ1n) is 7.46. The molecule has 0 amide bonds. The summed E-state index contributed by atoms with van der Waals surface area (Å²) in [7, 11) is 0. The summed E-state index contributed by atoms with van der Waals surface area (Å²) in [6.45, 7) is 6.10. The Morgan fingerprint density at radius 1 is 1.19 bits per heavy atom. The van der Waals surface area contributed by atoms with E-state index in [-0.39, 0.29) is 30.6 Å². The van der Waals surface area contributed by atoms with Crippen molar-refractivity contribution in [3.8, 4) is 0 Å². The molecule has 1 saturated heterocycles. The monoisotopic (exact) mass is 334 g/mol. The van der Waals surface area contributed by atoms with Crippen LogP contribution >= 0.6 is 24.8 Å². The fourth-order valence-electron chi connectivity index (χ4n) is 3.29. The van der Waals surface area contributed by atoms with Gasteiger partial charge in [0.15, 0.2) is 0 Å². The van der Waals surface area contributed by atoms with E-state index in [4.69, 9.17) is 0 Å². The molecule has 3 rings (SSSR count). The smallest absolute Gasteiger partial charge is 0.126 e. The molecular weight excluding hydrogens is 310 g/mol. The molecule has 1 saturated carbocycles. The van der Waals surface area contributed by atoms with Crippen molar-refractivity contribution in [3.05, 3.63) is 35.1 Å². The topological polar surface area (TPSA) is 15.3 Å². The maximum absolute atomic E-state index is 13.9. The summed E-state index contributed by atoms with van der Waals surface area (Å²) in [6.07, 6.45) is 3.93. The average Bonchev–Trinajstić information content (AvgIpc) is 2.38. The van der Waals surface area contributed by atoms with Crippen molar-refractivity contribution in [1.82, 2.24) is 10.2 Å². The number of nitrogens with one attached hydrogen (secondary N) is 1. The number of piperazine rings is 1. The van der Waals surface area contributed by atoms with Crippen molar-refractivity contribution < 1.29 is 4.39 Å². The Morgan fingerprint density at radius 2 is 1.86 bits per heavy atom. The molecule has 5 heteroatoms. The highest BCUT2D eigenvalue weighted by molar-refractivity contribution is 5.85. The third-order valence-electron chi connectivity index (χ3n) is 4.68. The molecule has 1 N–H and O–H groups in total. The lowest BCUT2D eigenvalue weighted by molar-refractivity contribution is 0.0835. The minimum Gasteiger partial charge on any atom is -0.314 e. The van der Waals surface area contributed by atoms with Gasteiger partial charge in [0.2, 0.25) is 0 Å². The molecule has 120 valence electrons. The van der Waals surface area contributed by atoms with Gasteiger partial charge in [-0.3, -0.25) is 4.90 Å². The molecule has 0 radical (unpaired) electrons. The minimum absolute atomic E-state index is 0. The van der Waals surface area contributed by atoms with Crippen LogP contribution in [0.3, 0.4) is 0 Å². The second kappa shape index (κ2) is 8.33. The Labute approximate surface area is 139 Å². The Hall–Kier alpha value is -0.350. The van der Waals surface area contributed by atoms with Crippen LogP contribution in [0.5, 0.6) is 0 Å². The zero-order valence-electron chi connectivity index (χ0n) is 12.5. The number of hydrogen-bond donors (Lipinski definition) is 1. The third kappa shape index (κ3) is 4.10. The first-order chi connectivity index (χ1) is 9.25. The number of halogens is 3. The molecule has 0 spiro atoms. The largest absolute Gasteiger partial charge is 0.314 e. The van der Waals surface area contributed by atoms with Crippen LogP contribution in [-0.4, -0.2) is 31.1 Å². The van der Waals surface area contributed by atoms with Gasteiger partial charge in [0.25, 0.3) is 0 Å². The Balaban J connectivity index is 0.00000110. The molecule has 1 aliphatic carbocycles. The zero-order valence-corrected chi connectivity index (χ0v) is 14.1. The van der Waals surface area contributed by atoms with Crippen LogP contribution in [0.4, 0.5) is 4.39 Å². The summed E-state index contributed by atoms with van der Waals surface area (Å²) >= 11 is 0. The second-order valence-corrected chi connectivity index (χ2v) is 5.93. The van der Waals surface area contributed by atoms with Gasteiger partial charge in [-0.1, -0.05) is 18.6 Å². The number of rotatable bonds is 3. The number of benzene rings is 1. The van der Waals surface area contributed by atoms with Gasteiger partial charge in [-0.05, 0) is 42.9 Å². The highest BCUT2D eigenvalue weighted by Crippen LogP contribution is 2.41. The Kier molecular flexibility index (Phi) is 7.41. The van der Waals surface area contributed by atoms with Crippen LogP contribution in [0.25, 0.3) is 0 Å². The predicted molar refractivity (Wildman–Crippen MR) is 90.2 cm³/mol. The van der Waals surface area contributed by atoms with Crippen LogP contribution in [0.2, 0.25) is 0 Å². The maximum atomic E-state index is 13.9. The van der Waals surface area contributed by atoms with Crippen molar-refractivity contribution in [1.29, 1.82) is 0 Å². The molecule has 1 heterocycles. The van der Waals surface area contributed by atoms with Gasteiger partial charge in [-0.25, -0.2) is 4.39 Å². The van der Waals surface area contributed by atoms with Crippen molar-refractivity contribution in [3.63, 3.8) is 0 Å². The van der Waals surface area contributed by atoms with E-state index in [1.165, 1.54) is 24.8 Å². The fourth-order valence-corrected chi connectivity index (χ4v) is 3.29. The normalized spacial score (nSPS) is 20.9. The Bertz CT molecular complexity index is 446. The lowest BCUT2D eigenvalue weighted by atomic mass is 9.76. The molecule has 1 aromatic rings. The van der Waals surface area contributed by atoms with Crippen molar-refractivity contribution in [2.75, 3.05) is 26.2 Å². The molecule has 0 aromatic heterocycles. The first kappa shape index (κ1) is 18.7. The van der Waals surface area contributed by atoms with Crippen molar-refractivity contribution >= 4 is 24.8 Å². The van der Waals surface area contributed by atoms with E-state index in [2.05, 4.69) is 16.3 Å². The highest BCUT2D eigenvalue weighted by Gasteiger charge is 2.33. The van der Waals surface area contributed by atoms with Crippen molar-refractivity contribution in [2.24, 2.45) is 5.92 Å². The SMILES string of the molecule is Cc1ccc([C@@H](C2CCC2)N2CCNCC2)cc1F.Cl.Cl. The number of hydrogen-bond acceptors (Lipinski definition) is 2. The minimum atomic E-state index is -0.0584. The van der Waals surface area contributed by atoms with Crippen LogP contribution in [-0.2, 0) is 0 Å². The van der Waals surface area contributed by atoms with Gasteiger partial charge < -0.3 is 5.32 Å². The van der Waals surface area contributed by atoms with Crippen molar-refractivity contribution in [2.45, 2.75) is 32.2 Å². The third-order valence-corrected chi connectivity index (χ3v) is 4.68. The molecule has 0 unspecified atom stereocenters. The van der Waals surface area contributed by atoms with E-state index in [0.717, 1.165) is 37.7 Å². The zero-order chi connectivity index (χ0) is 13.2. The van der Waals surface area contributed by atoms with Crippen LogP contribution in [0, 0.1) is 18.7 Å². The van der Waals surface area contributed by atoms with Crippen LogP contribution < -0.4 is 5.32 Å². The van der Waals surface area contributed by atoms with E-state index in [0.29, 0.717) is 6.04 Å². The van der Waals surface area contributed by atoms with E-state index in [1.807, 2.05) is 13.0 Å². The van der Waals surface area contributed by atoms with E-state index in [1.54, 1.807) is 6.07 Å². The molecule has 2 aliphatic rings. The summed E-state index contributed by atoms with van der Waals surface area (Å²) in [4.78, 5) is 2.55. The molecule has 0 bridgehead atoms. The van der Waals surface area contributed by atoms with E-state index < -0.39 is 0 Å². The van der Waals surface area contributed by atoms with Gasteiger partial charge in [-0.2, -0.15) is 0 Å². The summed E-state index contributed by atoms with van der Waals surface area (Å²) in [5, 5.41) is 3.40. The highest BCUT2D eigenvalue weighted by atomic mass is 35.5. The molecule has 1 aromatic carbocycles. The summed E-state index contributed by atoms with van der Waals surface area (Å²) in [6, 6.07) is 6.24. The molecular formula is C16H25Cl2FN2. The lowest BCUT2D eigenvalue weighted by Crippen LogP contribution is -2.47. The molecule has 21 heavy (non-hydrogen) atoms. The van der Waals surface area contributed by atoms with E-state index >= 15 is 0 Å². The van der Waals surface area contributed by atoms with Gasteiger partial charge >= 0.3 is 0 Å². The summed E-state index contributed by atoms with van der Waals surface area (Å²) in [5.41, 5.74) is 1.92. The molecule has 2 nitrogen and oxygen atoms in total. The molecule has 2 fully saturated rings. The van der Waals surface area contributed by atoms with Gasteiger partial charge in [0.1, 0.15) is 5.82 Å². The quantitative estimate of drug-likeness (QED) is 0.906. The number of aryl methyl sites for hydroxylation is 1. The average molecular weight is 335 g/mol. The molecule has 1 aliphatic heterocycles. The molecule has 1 atom stereocenters. The second-order valence-electron chi connectivity index (χ2n) is 5.93. The Morgan fingerprint density at radius 3 is 2.38 bits per heavy atom. The maximum Gasteiger partial charge on any atom is 0.126 e. The van der Waals surface area contributed by atoms with Crippen LogP contribution in [0.15, 0.2) is 18.2 Å². The fraction of sp³-hybridized carbons (Fsp3) is 0.625. The summed E-state index contributed by atoms with van der Waals surface area (Å²) in [5.74, 6) is 0.664. The van der Waals surface area contributed by atoms with Gasteiger partial charge in [0, 0.05) is 32.2 Å². The first-order valence-corrected chi connectivity index (χ1v) is 7.46. The van der Waals surface area contributed by atoms with E-state index in [9.17, 15) is 4.39 Å². The van der Waals surface area contributed by atoms with Gasteiger partial charge in [-0.15, -0.1) is 24.8 Å². The standard InChI is InChI=1S/C16H23FN2.2ClH/c1-12-5-6-14(11-15(12)17)16(13-3-2-4-13)19-9-7-18-8-10-19;;/h5-6,11,13,16,18H,2-4,7-10H2,1H3;2*1H/t16-;;/m1../s1.